The van der Waals surface area contributed by atoms with Crippen LogP contribution in [-0.4, -0.2) is 42.4 Å². The maximum Gasteiger partial charge on any atom is 0.416 e. The molecule has 0 aromatic heterocycles. The molecule has 6 heteroatoms. The summed E-state index contributed by atoms with van der Waals surface area (Å²) in [6.07, 6.45) is -5.04. The van der Waals surface area contributed by atoms with Crippen LogP contribution < -0.4 is 4.74 Å². The van der Waals surface area contributed by atoms with E-state index in [1.807, 2.05) is 25.8 Å². The third-order valence-corrected chi connectivity index (χ3v) is 3.00. The molecule has 114 valence electrons. The Morgan fingerprint density at radius 2 is 1.75 bits per heavy atom. The highest BCUT2D eigenvalue weighted by molar-refractivity contribution is 5.28. The van der Waals surface area contributed by atoms with Crippen LogP contribution in [0.5, 0.6) is 5.75 Å². The summed E-state index contributed by atoms with van der Waals surface area (Å²) < 4.78 is 42.4. The molecule has 0 saturated carbocycles. The number of rotatable bonds is 6. The Hall–Kier alpha value is -1.27. The van der Waals surface area contributed by atoms with Gasteiger partial charge in [-0.25, -0.2) is 0 Å². The Morgan fingerprint density at radius 3 is 2.20 bits per heavy atom. The third-order valence-electron chi connectivity index (χ3n) is 3.00. The molecule has 0 fully saturated rings. The van der Waals surface area contributed by atoms with E-state index >= 15 is 0 Å². The molecule has 0 radical (unpaired) electrons. The van der Waals surface area contributed by atoms with Crippen LogP contribution in [0.25, 0.3) is 0 Å². The van der Waals surface area contributed by atoms with Crippen LogP contribution >= 0.6 is 0 Å². The quantitative estimate of drug-likeness (QED) is 0.875. The van der Waals surface area contributed by atoms with Crippen LogP contribution in [0.2, 0.25) is 0 Å². The van der Waals surface area contributed by atoms with Crippen molar-refractivity contribution >= 4 is 0 Å². The fourth-order valence-corrected chi connectivity index (χ4v) is 1.53. The second-order valence-corrected chi connectivity index (χ2v) is 5.02. The first-order valence-electron chi connectivity index (χ1n) is 6.38. The van der Waals surface area contributed by atoms with E-state index in [1.54, 1.807) is 0 Å². The molecule has 0 saturated heterocycles. The van der Waals surface area contributed by atoms with Crippen molar-refractivity contribution in [1.29, 1.82) is 0 Å². The number of hydrogen-bond acceptors (Lipinski definition) is 3. The number of nitrogens with zero attached hydrogens (tertiary/aromatic N) is 1. The van der Waals surface area contributed by atoms with Gasteiger partial charge in [-0.15, -0.1) is 0 Å². The lowest BCUT2D eigenvalue weighted by Crippen LogP contribution is -2.36. The summed E-state index contributed by atoms with van der Waals surface area (Å²) in [5, 5.41) is 9.77. The lowest BCUT2D eigenvalue weighted by Gasteiger charge is -2.24. The monoisotopic (exact) mass is 291 g/mol. The van der Waals surface area contributed by atoms with E-state index in [9.17, 15) is 18.3 Å². The zero-order valence-corrected chi connectivity index (χ0v) is 11.8. The summed E-state index contributed by atoms with van der Waals surface area (Å²) in [5.74, 6) is 0.309. The number of ether oxygens (including phenoxy) is 1. The Morgan fingerprint density at radius 1 is 1.20 bits per heavy atom. The molecule has 1 rings (SSSR count). The van der Waals surface area contributed by atoms with E-state index in [0.29, 0.717) is 18.3 Å². The number of alkyl halides is 3. The maximum absolute atomic E-state index is 12.4. The Balaban J connectivity index is 2.46. The Bertz CT molecular complexity index is 404. The molecule has 0 amide bonds. The fraction of sp³-hybridized carbons (Fsp3) is 0.571. The van der Waals surface area contributed by atoms with Gasteiger partial charge in [0.05, 0.1) is 5.56 Å². The first kappa shape index (κ1) is 16.8. The van der Waals surface area contributed by atoms with Crippen LogP contribution in [0, 0.1) is 0 Å². The van der Waals surface area contributed by atoms with Gasteiger partial charge in [-0.1, -0.05) is 0 Å². The second-order valence-electron chi connectivity index (χ2n) is 5.02. The normalized spacial score (nSPS) is 13.8. The largest absolute Gasteiger partial charge is 0.491 e. The predicted molar refractivity (Wildman–Crippen MR) is 70.7 cm³/mol. The molecule has 0 heterocycles. The Kier molecular flexibility index (Phi) is 5.83. The summed E-state index contributed by atoms with van der Waals surface area (Å²) in [6.45, 7) is 4.49. The smallest absolute Gasteiger partial charge is 0.416 e. The molecule has 1 aromatic rings. The van der Waals surface area contributed by atoms with E-state index in [2.05, 4.69) is 0 Å². The summed E-state index contributed by atoms with van der Waals surface area (Å²) in [6, 6.07) is 4.73. The molecule has 3 nitrogen and oxygen atoms in total. The number of aliphatic hydroxyl groups is 1. The van der Waals surface area contributed by atoms with Gasteiger partial charge < -0.3 is 14.7 Å². The molecular formula is C14H20F3NO2. The van der Waals surface area contributed by atoms with Crippen LogP contribution in [0.1, 0.15) is 19.4 Å². The van der Waals surface area contributed by atoms with Gasteiger partial charge in [-0.3, -0.25) is 0 Å². The fourth-order valence-electron chi connectivity index (χ4n) is 1.53. The van der Waals surface area contributed by atoms with Gasteiger partial charge in [0.1, 0.15) is 18.5 Å². The van der Waals surface area contributed by atoms with Gasteiger partial charge in [-0.2, -0.15) is 13.2 Å². The van der Waals surface area contributed by atoms with Crippen molar-refractivity contribution in [2.24, 2.45) is 0 Å². The van der Waals surface area contributed by atoms with E-state index in [-0.39, 0.29) is 6.61 Å². The highest BCUT2D eigenvalue weighted by Crippen LogP contribution is 2.30. The molecule has 1 aromatic carbocycles. The summed E-state index contributed by atoms with van der Waals surface area (Å²) in [4.78, 5) is 1.96. The minimum absolute atomic E-state index is 0.0441. The minimum Gasteiger partial charge on any atom is -0.491 e. The van der Waals surface area contributed by atoms with Crippen molar-refractivity contribution in [1.82, 2.24) is 4.90 Å². The first-order valence-corrected chi connectivity index (χ1v) is 6.38. The van der Waals surface area contributed by atoms with Crippen LogP contribution in [-0.2, 0) is 6.18 Å². The molecule has 1 N–H and O–H groups in total. The van der Waals surface area contributed by atoms with Gasteiger partial charge in [0.15, 0.2) is 0 Å². The molecule has 1 unspecified atom stereocenters. The lowest BCUT2D eigenvalue weighted by atomic mass is 10.2. The number of aliphatic hydroxyl groups excluding tert-OH is 1. The highest BCUT2D eigenvalue weighted by atomic mass is 19.4. The average Bonchev–Trinajstić information content (AvgIpc) is 2.35. The van der Waals surface area contributed by atoms with Crippen molar-refractivity contribution < 1.29 is 23.0 Å². The summed E-state index contributed by atoms with van der Waals surface area (Å²) >= 11 is 0. The lowest BCUT2D eigenvalue weighted by molar-refractivity contribution is -0.137. The van der Waals surface area contributed by atoms with Crippen molar-refractivity contribution in [3.8, 4) is 5.75 Å². The topological polar surface area (TPSA) is 32.7 Å². The van der Waals surface area contributed by atoms with Gasteiger partial charge in [0.2, 0.25) is 0 Å². The van der Waals surface area contributed by atoms with Crippen molar-refractivity contribution in [3.05, 3.63) is 29.8 Å². The van der Waals surface area contributed by atoms with Crippen LogP contribution in [0.4, 0.5) is 13.2 Å². The molecule has 0 aliphatic rings. The van der Waals surface area contributed by atoms with Crippen molar-refractivity contribution in [3.63, 3.8) is 0 Å². The minimum atomic E-state index is -4.35. The molecule has 0 aliphatic carbocycles. The zero-order valence-electron chi connectivity index (χ0n) is 11.8. The average molecular weight is 291 g/mol. The standard InChI is InChI=1S/C14H20F3NO2/c1-10(2)18(3)8-12(19)9-20-13-6-4-11(5-7-13)14(15,16)17/h4-7,10,12,19H,8-9H2,1-3H3. The third kappa shape index (κ3) is 5.38. The van der Waals surface area contributed by atoms with E-state index in [0.717, 1.165) is 12.1 Å². The zero-order chi connectivity index (χ0) is 15.3. The number of likely N-dealkylation sites (N-methyl/N-ethyl adjacent to an activating group) is 1. The maximum atomic E-state index is 12.4. The Labute approximate surface area is 117 Å². The summed E-state index contributed by atoms with van der Waals surface area (Å²) in [7, 11) is 1.88. The number of benzene rings is 1. The number of hydrogen-bond donors (Lipinski definition) is 1. The van der Waals surface area contributed by atoms with Crippen LogP contribution in [0.15, 0.2) is 24.3 Å². The van der Waals surface area contributed by atoms with Gasteiger partial charge in [0.25, 0.3) is 0 Å². The van der Waals surface area contributed by atoms with Crippen molar-refractivity contribution in [2.45, 2.75) is 32.2 Å². The first-order chi connectivity index (χ1) is 9.20. The molecule has 0 spiro atoms. The van der Waals surface area contributed by atoms with E-state index < -0.39 is 17.8 Å². The van der Waals surface area contributed by atoms with Gasteiger partial charge >= 0.3 is 6.18 Å². The van der Waals surface area contributed by atoms with E-state index in [4.69, 9.17) is 4.74 Å². The molecular weight excluding hydrogens is 271 g/mol. The summed E-state index contributed by atoms with van der Waals surface area (Å²) in [5.41, 5.74) is -0.718. The van der Waals surface area contributed by atoms with Gasteiger partial charge in [0, 0.05) is 12.6 Å². The predicted octanol–water partition coefficient (Wildman–Crippen LogP) is 2.79. The van der Waals surface area contributed by atoms with Crippen molar-refractivity contribution in [2.75, 3.05) is 20.2 Å². The number of halogens is 3. The molecule has 20 heavy (non-hydrogen) atoms. The van der Waals surface area contributed by atoms with Crippen LogP contribution in [0.3, 0.4) is 0 Å². The highest BCUT2D eigenvalue weighted by Gasteiger charge is 2.30. The van der Waals surface area contributed by atoms with Gasteiger partial charge in [-0.05, 0) is 45.2 Å². The molecule has 1 atom stereocenters. The molecule has 0 aliphatic heterocycles. The SMILES string of the molecule is CC(C)N(C)CC(O)COc1ccc(C(F)(F)F)cc1. The second kappa shape index (κ2) is 6.95. The molecule has 0 bridgehead atoms. The van der Waals surface area contributed by atoms with E-state index in [1.165, 1.54) is 12.1 Å².